The largest absolute Gasteiger partial charge is 0.211 e. The summed E-state index contributed by atoms with van der Waals surface area (Å²) in [5, 5.41) is 1.21. The summed E-state index contributed by atoms with van der Waals surface area (Å²) in [5.41, 5.74) is 2.69. The molecule has 3 heteroatoms. The highest BCUT2D eigenvalue weighted by atomic mass is 32.2. The van der Waals surface area contributed by atoms with Crippen molar-refractivity contribution in [3.05, 3.63) is 71.8 Å². The van der Waals surface area contributed by atoms with Crippen LogP contribution in [-0.4, -0.2) is 5.04 Å². The van der Waals surface area contributed by atoms with Gasteiger partial charge in [-0.15, -0.1) is 0 Å². The minimum Gasteiger partial charge on any atom is -0.211 e. The van der Waals surface area contributed by atoms with Gasteiger partial charge in [0.05, 0.1) is 5.04 Å². The predicted octanol–water partition coefficient (Wildman–Crippen LogP) is 5.73. The Balaban J connectivity index is 2.08. The molecule has 0 unspecified atom stereocenters. The van der Waals surface area contributed by atoms with E-state index in [1.54, 1.807) is 11.9 Å². The Bertz CT molecular complexity index is 602. The van der Waals surface area contributed by atoms with Gasteiger partial charge >= 0.3 is 0 Å². The summed E-state index contributed by atoms with van der Waals surface area (Å²) in [5.74, 6) is 0. The molecule has 0 atom stereocenters. The molecule has 21 heavy (non-hydrogen) atoms. The molecule has 2 aromatic rings. The fraction of sp³-hybridized carbons (Fsp3) is 0.278. The topological polar surface area (TPSA) is 12.4 Å². The van der Waals surface area contributed by atoms with Gasteiger partial charge in [-0.1, -0.05) is 93.2 Å². The summed E-state index contributed by atoms with van der Waals surface area (Å²) < 4.78 is 4.65. The summed E-state index contributed by atoms with van der Waals surface area (Å²) in [6, 6.07) is 21.4. The summed E-state index contributed by atoms with van der Waals surface area (Å²) in [4.78, 5) is 0. The standard InChI is InChI=1S/C18H19NS2/c1-17(2,3)16-19-21-18(20-16,14-10-6-4-7-11-14)15-12-8-5-9-13-15/h4-13H,1-3H3. The summed E-state index contributed by atoms with van der Waals surface area (Å²) in [6.07, 6.45) is 0. The van der Waals surface area contributed by atoms with E-state index < -0.39 is 0 Å². The Hall–Kier alpha value is -1.19. The second-order valence-corrected chi connectivity index (χ2v) is 8.63. The summed E-state index contributed by atoms with van der Waals surface area (Å²) in [7, 11) is 0. The van der Waals surface area contributed by atoms with Gasteiger partial charge in [-0.25, -0.2) is 4.40 Å². The maximum Gasteiger partial charge on any atom is 0.138 e. The first-order valence-corrected chi connectivity index (χ1v) is 8.68. The Morgan fingerprint density at radius 3 is 1.67 bits per heavy atom. The second kappa shape index (κ2) is 5.54. The van der Waals surface area contributed by atoms with Crippen LogP contribution in [0.4, 0.5) is 0 Å². The molecule has 1 aliphatic heterocycles. The van der Waals surface area contributed by atoms with Crippen LogP contribution < -0.4 is 0 Å². The average Bonchev–Trinajstić information content (AvgIpc) is 2.96. The third kappa shape index (κ3) is 2.77. The first kappa shape index (κ1) is 14.7. The number of benzene rings is 2. The van der Waals surface area contributed by atoms with E-state index in [1.807, 2.05) is 11.8 Å². The monoisotopic (exact) mass is 313 g/mol. The lowest BCUT2D eigenvalue weighted by Crippen LogP contribution is -2.22. The SMILES string of the molecule is CC(C)(C)C1=NSC(c2ccccc2)(c2ccccc2)S1. The Morgan fingerprint density at radius 2 is 1.29 bits per heavy atom. The quantitative estimate of drug-likeness (QED) is 0.657. The fourth-order valence-electron chi connectivity index (χ4n) is 2.27. The van der Waals surface area contributed by atoms with Gasteiger partial charge in [-0.3, -0.25) is 0 Å². The van der Waals surface area contributed by atoms with Crippen molar-refractivity contribution in [3.8, 4) is 0 Å². The number of thioether (sulfide) groups is 1. The zero-order valence-corrected chi connectivity index (χ0v) is 14.2. The Kier molecular flexibility index (Phi) is 3.89. The number of nitrogens with zero attached hydrogens (tertiary/aromatic N) is 1. The van der Waals surface area contributed by atoms with E-state index in [9.17, 15) is 0 Å². The molecule has 0 saturated carbocycles. The zero-order valence-electron chi connectivity index (χ0n) is 12.5. The maximum atomic E-state index is 4.81. The smallest absolute Gasteiger partial charge is 0.138 e. The molecule has 1 heterocycles. The molecule has 0 fully saturated rings. The van der Waals surface area contributed by atoms with E-state index in [2.05, 4.69) is 81.4 Å². The molecule has 0 amide bonds. The summed E-state index contributed by atoms with van der Waals surface area (Å²) in [6.45, 7) is 6.68. The molecule has 0 radical (unpaired) electrons. The van der Waals surface area contributed by atoms with Gasteiger partial charge < -0.3 is 0 Å². The van der Waals surface area contributed by atoms with Gasteiger partial charge in [-0.2, -0.15) is 0 Å². The van der Waals surface area contributed by atoms with Crippen LogP contribution in [0, 0.1) is 5.41 Å². The minimum absolute atomic E-state index is 0.0863. The molecule has 2 aromatic carbocycles. The van der Waals surface area contributed by atoms with Crippen LogP contribution in [0.25, 0.3) is 0 Å². The van der Waals surface area contributed by atoms with Gasteiger partial charge in [-0.05, 0) is 11.1 Å². The second-order valence-electron chi connectivity index (χ2n) is 6.19. The van der Waals surface area contributed by atoms with Crippen molar-refractivity contribution >= 4 is 28.8 Å². The Morgan fingerprint density at radius 1 is 0.810 bits per heavy atom. The number of rotatable bonds is 2. The lowest BCUT2D eigenvalue weighted by molar-refractivity contribution is 0.603. The molecule has 3 rings (SSSR count). The van der Waals surface area contributed by atoms with Crippen molar-refractivity contribution in [1.29, 1.82) is 0 Å². The minimum atomic E-state index is -0.162. The highest BCUT2D eigenvalue weighted by Crippen LogP contribution is 2.59. The molecule has 0 spiro atoms. The third-order valence-corrected chi connectivity index (χ3v) is 6.69. The fourth-order valence-corrected chi connectivity index (χ4v) is 5.09. The highest BCUT2D eigenvalue weighted by Gasteiger charge is 2.44. The first-order chi connectivity index (χ1) is 10.0. The third-order valence-electron chi connectivity index (χ3n) is 3.45. The Labute approximate surface area is 135 Å². The molecule has 108 valence electrons. The van der Waals surface area contributed by atoms with Crippen molar-refractivity contribution < 1.29 is 0 Å². The molecular weight excluding hydrogens is 294 g/mol. The van der Waals surface area contributed by atoms with Crippen molar-refractivity contribution in [3.63, 3.8) is 0 Å². The molecule has 1 nitrogen and oxygen atoms in total. The molecule has 0 bridgehead atoms. The van der Waals surface area contributed by atoms with Crippen molar-refractivity contribution in [2.45, 2.75) is 24.9 Å². The average molecular weight is 313 g/mol. The normalized spacial score (nSPS) is 17.6. The van der Waals surface area contributed by atoms with Crippen LogP contribution >= 0.6 is 23.7 Å². The van der Waals surface area contributed by atoms with E-state index >= 15 is 0 Å². The van der Waals surface area contributed by atoms with Crippen LogP contribution in [-0.2, 0) is 4.08 Å². The van der Waals surface area contributed by atoms with Crippen molar-refractivity contribution in [2.75, 3.05) is 0 Å². The van der Waals surface area contributed by atoms with E-state index in [4.69, 9.17) is 4.40 Å². The molecule has 1 aliphatic rings. The number of hydrogen-bond donors (Lipinski definition) is 0. The van der Waals surface area contributed by atoms with Crippen molar-refractivity contribution in [1.82, 2.24) is 0 Å². The molecule has 0 saturated heterocycles. The maximum absolute atomic E-state index is 4.81. The lowest BCUT2D eigenvalue weighted by Gasteiger charge is -2.29. The van der Waals surface area contributed by atoms with Gasteiger partial charge in [0.15, 0.2) is 0 Å². The van der Waals surface area contributed by atoms with E-state index in [-0.39, 0.29) is 9.49 Å². The van der Waals surface area contributed by atoms with Crippen LogP contribution in [0.5, 0.6) is 0 Å². The molecule has 0 aliphatic carbocycles. The summed E-state index contributed by atoms with van der Waals surface area (Å²) >= 11 is 3.57. The molecule has 0 aromatic heterocycles. The van der Waals surface area contributed by atoms with E-state index in [0.717, 1.165) is 0 Å². The lowest BCUT2D eigenvalue weighted by atomic mass is 9.99. The zero-order chi connectivity index (χ0) is 14.9. The first-order valence-electron chi connectivity index (χ1n) is 7.09. The molecular formula is C18H19NS2. The van der Waals surface area contributed by atoms with Gasteiger partial charge in [0.2, 0.25) is 0 Å². The van der Waals surface area contributed by atoms with Crippen LogP contribution in [0.15, 0.2) is 65.1 Å². The van der Waals surface area contributed by atoms with Gasteiger partial charge in [0, 0.05) is 17.4 Å². The van der Waals surface area contributed by atoms with E-state index in [1.165, 1.54) is 16.2 Å². The van der Waals surface area contributed by atoms with Crippen molar-refractivity contribution in [2.24, 2.45) is 9.81 Å². The van der Waals surface area contributed by atoms with Crippen LogP contribution in [0.3, 0.4) is 0 Å². The predicted molar refractivity (Wildman–Crippen MR) is 95.7 cm³/mol. The van der Waals surface area contributed by atoms with Crippen LogP contribution in [0.2, 0.25) is 0 Å². The van der Waals surface area contributed by atoms with E-state index in [0.29, 0.717) is 0 Å². The van der Waals surface area contributed by atoms with Gasteiger partial charge in [0.1, 0.15) is 4.08 Å². The van der Waals surface area contributed by atoms with Crippen LogP contribution in [0.1, 0.15) is 31.9 Å². The van der Waals surface area contributed by atoms with Gasteiger partial charge in [0.25, 0.3) is 0 Å². The highest BCUT2D eigenvalue weighted by molar-refractivity contribution is 8.28. The molecule has 0 N–H and O–H groups in total. The number of hydrogen-bond acceptors (Lipinski definition) is 3.